The van der Waals surface area contributed by atoms with Crippen molar-refractivity contribution in [1.29, 1.82) is 0 Å². The van der Waals surface area contributed by atoms with Crippen molar-refractivity contribution in [3.63, 3.8) is 0 Å². The molecule has 0 aromatic heterocycles. The number of carboxylic acids is 1. The van der Waals surface area contributed by atoms with Gasteiger partial charge in [-0.2, -0.15) is 0 Å². The van der Waals surface area contributed by atoms with E-state index in [9.17, 15) is 9.59 Å². The molecule has 0 spiro atoms. The number of hydrogen-bond acceptors (Lipinski definition) is 3. The van der Waals surface area contributed by atoms with Crippen molar-refractivity contribution in [3.05, 3.63) is 34.9 Å². The predicted octanol–water partition coefficient (Wildman–Crippen LogP) is 0.617. The highest BCUT2D eigenvalue weighted by Gasteiger charge is 2.28. The van der Waals surface area contributed by atoms with Gasteiger partial charge in [0.1, 0.15) is 6.04 Å². The van der Waals surface area contributed by atoms with Gasteiger partial charge in [-0.1, -0.05) is 6.07 Å². The first-order valence-corrected chi connectivity index (χ1v) is 5.31. The van der Waals surface area contributed by atoms with Crippen molar-refractivity contribution in [1.82, 2.24) is 10.2 Å². The molecule has 0 aliphatic carbocycles. The quantitative estimate of drug-likeness (QED) is 0.787. The highest BCUT2D eigenvalue weighted by molar-refractivity contribution is 5.94. The van der Waals surface area contributed by atoms with Crippen molar-refractivity contribution < 1.29 is 14.7 Å². The Labute approximate surface area is 99.0 Å². The molecule has 0 radical (unpaired) electrons. The van der Waals surface area contributed by atoms with E-state index in [0.717, 1.165) is 5.56 Å². The average molecular weight is 234 g/mol. The molecule has 5 heteroatoms. The molecule has 1 aromatic rings. The van der Waals surface area contributed by atoms with E-state index in [0.29, 0.717) is 17.7 Å². The van der Waals surface area contributed by atoms with E-state index in [1.54, 1.807) is 26.2 Å². The fraction of sp³-hybridized carbons (Fsp3) is 0.333. The molecule has 0 fully saturated rings. The highest BCUT2D eigenvalue weighted by Crippen LogP contribution is 2.26. The normalized spacial score (nSPS) is 17.6. The van der Waals surface area contributed by atoms with Crippen LogP contribution >= 0.6 is 0 Å². The van der Waals surface area contributed by atoms with Crippen LogP contribution < -0.4 is 5.32 Å². The van der Waals surface area contributed by atoms with E-state index in [4.69, 9.17) is 5.11 Å². The number of carboxylic acid groups (broad SMARTS) is 1. The molecule has 1 atom stereocenters. The molecule has 0 saturated carbocycles. The summed E-state index contributed by atoms with van der Waals surface area (Å²) >= 11 is 0. The van der Waals surface area contributed by atoms with Crippen LogP contribution in [-0.4, -0.2) is 36.0 Å². The maximum absolute atomic E-state index is 11.8. The van der Waals surface area contributed by atoms with Gasteiger partial charge in [-0.3, -0.25) is 14.9 Å². The second-order valence-electron chi connectivity index (χ2n) is 4.27. The number of aliphatic carboxylic acids is 1. The lowest BCUT2D eigenvalue weighted by Gasteiger charge is -2.12. The molecular formula is C12H14N2O3. The summed E-state index contributed by atoms with van der Waals surface area (Å²) in [4.78, 5) is 24.3. The van der Waals surface area contributed by atoms with Gasteiger partial charge in [0.05, 0.1) is 0 Å². The molecule has 1 aliphatic rings. The van der Waals surface area contributed by atoms with Gasteiger partial charge in [-0.15, -0.1) is 0 Å². The maximum Gasteiger partial charge on any atom is 0.325 e. The van der Waals surface area contributed by atoms with E-state index in [-0.39, 0.29) is 5.91 Å². The summed E-state index contributed by atoms with van der Waals surface area (Å²) in [5, 5.41) is 11.9. The van der Waals surface area contributed by atoms with E-state index in [2.05, 4.69) is 5.32 Å². The van der Waals surface area contributed by atoms with Gasteiger partial charge in [0.2, 0.25) is 0 Å². The fourth-order valence-electron chi connectivity index (χ4n) is 1.96. The Bertz CT molecular complexity index is 483. The summed E-state index contributed by atoms with van der Waals surface area (Å²) in [6, 6.07) is 4.49. The van der Waals surface area contributed by atoms with Crippen LogP contribution in [0.2, 0.25) is 0 Å². The van der Waals surface area contributed by atoms with Crippen LogP contribution in [0.3, 0.4) is 0 Å². The Kier molecular flexibility index (Phi) is 2.85. The van der Waals surface area contributed by atoms with Gasteiger partial charge in [0, 0.05) is 26.2 Å². The van der Waals surface area contributed by atoms with E-state index in [1.807, 2.05) is 6.07 Å². The van der Waals surface area contributed by atoms with Crippen LogP contribution in [0.4, 0.5) is 0 Å². The minimum atomic E-state index is -0.918. The van der Waals surface area contributed by atoms with Crippen molar-refractivity contribution in [3.8, 4) is 0 Å². The van der Waals surface area contributed by atoms with Crippen LogP contribution in [0.15, 0.2) is 18.2 Å². The van der Waals surface area contributed by atoms with Crippen LogP contribution in [0.25, 0.3) is 0 Å². The number of amides is 1. The van der Waals surface area contributed by atoms with E-state index < -0.39 is 12.0 Å². The number of fused-ring (bicyclic) bond motifs is 1. The third-order valence-corrected chi connectivity index (χ3v) is 2.85. The third kappa shape index (κ3) is 2.01. The van der Waals surface area contributed by atoms with Crippen LogP contribution in [0.5, 0.6) is 0 Å². The monoisotopic (exact) mass is 234 g/mol. The Hall–Kier alpha value is -1.88. The molecule has 17 heavy (non-hydrogen) atoms. The number of nitrogens with one attached hydrogen (secondary N) is 1. The van der Waals surface area contributed by atoms with Gasteiger partial charge in [-0.05, 0) is 23.3 Å². The Morgan fingerprint density at radius 2 is 2.12 bits per heavy atom. The summed E-state index contributed by atoms with van der Waals surface area (Å²) in [6.07, 6.45) is 0. The Morgan fingerprint density at radius 1 is 1.41 bits per heavy atom. The second-order valence-corrected chi connectivity index (χ2v) is 4.27. The van der Waals surface area contributed by atoms with Gasteiger partial charge in [-0.25, -0.2) is 0 Å². The molecule has 1 aliphatic heterocycles. The second kappa shape index (κ2) is 4.18. The Balaban J connectivity index is 2.40. The first-order valence-electron chi connectivity index (χ1n) is 5.31. The topological polar surface area (TPSA) is 69.6 Å². The average Bonchev–Trinajstić information content (AvgIpc) is 2.70. The van der Waals surface area contributed by atoms with Crippen molar-refractivity contribution >= 4 is 11.9 Å². The summed E-state index contributed by atoms with van der Waals surface area (Å²) < 4.78 is 0. The summed E-state index contributed by atoms with van der Waals surface area (Å²) in [5.41, 5.74) is 2.14. The molecule has 1 heterocycles. The van der Waals surface area contributed by atoms with E-state index in [1.165, 1.54) is 4.90 Å². The van der Waals surface area contributed by atoms with Gasteiger partial charge in [0.15, 0.2) is 0 Å². The lowest BCUT2D eigenvalue weighted by atomic mass is 10.0. The van der Waals surface area contributed by atoms with Crippen molar-refractivity contribution in [2.24, 2.45) is 0 Å². The molecule has 1 aromatic carbocycles. The van der Waals surface area contributed by atoms with Gasteiger partial charge in [0.25, 0.3) is 5.91 Å². The largest absolute Gasteiger partial charge is 0.480 e. The van der Waals surface area contributed by atoms with Gasteiger partial charge < -0.3 is 10.0 Å². The summed E-state index contributed by atoms with van der Waals surface area (Å²) in [6.45, 7) is 0.530. The maximum atomic E-state index is 11.8. The number of carbonyl (C=O) groups excluding carboxylic acids is 1. The zero-order valence-electron chi connectivity index (χ0n) is 9.73. The summed E-state index contributed by atoms with van der Waals surface area (Å²) in [5.74, 6) is -1.04. The zero-order valence-corrected chi connectivity index (χ0v) is 9.73. The Morgan fingerprint density at radius 3 is 2.71 bits per heavy atom. The van der Waals surface area contributed by atoms with Crippen LogP contribution in [0.1, 0.15) is 27.5 Å². The lowest BCUT2D eigenvalue weighted by molar-refractivity contribution is -0.139. The molecule has 2 N–H and O–H groups in total. The van der Waals surface area contributed by atoms with Gasteiger partial charge >= 0.3 is 5.97 Å². The lowest BCUT2D eigenvalue weighted by Crippen LogP contribution is -2.23. The molecule has 2 rings (SSSR count). The zero-order chi connectivity index (χ0) is 12.6. The molecule has 90 valence electrons. The third-order valence-electron chi connectivity index (χ3n) is 2.85. The minimum absolute atomic E-state index is 0.121. The smallest absolute Gasteiger partial charge is 0.325 e. The van der Waals surface area contributed by atoms with Crippen molar-refractivity contribution in [2.75, 3.05) is 14.1 Å². The van der Waals surface area contributed by atoms with Crippen molar-refractivity contribution in [2.45, 2.75) is 12.6 Å². The molecule has 5 nitrogen and oxygen atoms in total. The highest BCUT2D eigenvalue weighted by atomic mass is 16.4. The first kappa shape index (κ1) is 11.6. The number of benzene rings is 1. The molecule has 0 bridgehead atoms. The van der Waals surface area contributed by atoms with Crippen LogP contribution in [-0.2, 0) is 11.3 Å². The molecule has 1 amide bonds. The fourth-order valence-corrected chi connectivity index (χ4v) is 1.96. The number of rotatable bonds is 2. The number of carbonyl (C=O) groups is 2. The van der Waals surface area contributed by atoms with E-state index >= 15 is 0 Å². The minimum Gasteiger partial charge on any atom is -0.480 e. The number of nitrogens with zero attached hydrogens (tertiary/aromatic N) is 1. The predicted molar refractivity (Wildman–Crippen MR) is 61.7 cm³/mol. The first-order chi connectivity index (χ1) is 8.00. The van der Waals surface area contributed by atoms with Crippen LogP contribution in [0, 0.1) is 0 Å². The SMILES string of the molecule is CN(C)C(=O)c1ccc2c(c1)C(C(=O)O)NC2. The molecular weight excluding hydrogens is 220 g/mol. The summed E-state index contributed by atoms with van der Waals surface area (Å²) in [7, 11) is 3.34. The standard InChI is InChI=1S/C12H14N2O3/c1-14(2)11(15)7-3-4-8-6-13-10(12(16)17)9(8)5-7/h3-5,10,13H,6H2,1-2H3,(H,16,17). The number of hydrogen-bond donors (Lipinski definition) is 2. The molecule has 0 saturated heterocycles. The molecule has 1 unspecified atom stereocenters.